The topological polar surface area (TPSA) is 70.6 Å². The van der Waals surface area contributed by atoms with Crippen LogP contribution in [-0.4, -0.2) is 32.8 Å². The largest absolute Gasteiger partial charge is 0.367 e. The predicted octanol–water partition coefficient (Wildman–Crippen LogP) is 0.996. The fraction of sp³-hybridized carbons (Fsp3) is 0.333. The SMILES string of the molecule is N#Cc1ccncc1N1CCC(n2cncn2)C1. The molecule has 90 valence electrons. The second-order valence-electron chi connectivity index (χ2n) is 4.27. The van der Waals surface area contributed by atoms with Crippen LogP contribution < -0.4 is 4.90 Å². The van der Waals surface area contributed by atoms with E-state index in [9.17, 15) is 0 Å². The Balaban J connectivity index is 1.82. The summed E-state index contributed by atoms with van der Waals surface area (Å²) >= 11 is 0. The fourth-order valence-electron chi connectivity index (χ4n) is 2.32. The van der Waals surface area contributed by atoms with E-state index in [-0.39, 0.29) is 0 Å². The molecule has 0 bridgehead atoms. The second kappa shape index (κ2) is 4.45. The Morgan fingerprint density at radius 2 is 2.33 bits per heavy atom. The Bertz CT molecular complexity index is 571. The van der Waals surface area contributed by atoms with Gasteiger partial charge in [0.15, 0.2) is 0 Å². The first-order chi connectivity index (χ1) is 8.88. The molecule has 0 aliphatic carbocycles. The highest BCUT2D eigenvalue weighted by Gasteiger charge is 2.26. The van der Waals surface area contributed by atoms with E-state index in [0.717, 1.165) is 25.2 Å². The van der Waals surface area contributed by atoms with E-state index in [0.29, 0.717) is 11.6 Å². The van der Waals surface area contributed by atoms with Gasteiger partial charge in [0.25, 0.3) is 0 Å². The first kappa shape index (κ1) is 10.7. The molecule has 1 unspecified atom stereocenters. The van der Waals surface area contributed by atoms with Crippen molar-refractivity contribution in [1.29, 1.82) is 5.26 Å². The van der Waals surface area contributed by atoms with E-state index in [1.165, 1.54) is 0 Å². The number of hydrogen-bond acceptors (Lipinski definition) is 5. The molecular formula is C12H12N6. The first-order valence-electron chi connectivity index (χ1n) is 5.81. The smallest absolute Gasteiger partial charge is 0.137 e. The van der Waals surface area contributed by atoms with Crippen LogP contribution in [0, 0.1) is 11.3 Å². The minimum absolute atomic E-state index is 0.319. The summed E-state index contributed by atoms with van der Waals surface area (Å²) in [5.74, 6) is 0. The lowest BCUT2D eigenvalue weighted by atomic mass is 10.2. The standard InChI is InChI=1S/C12H12N6/c13-5-10-1-3-14-6-12(10)17-4-2-11(7-17)18-9-15-8-16-18/h1,3,6,8-9,11H,2,4,7H2. The zero-order valence-electron chi connectivity index (χ0n) is 9.77. The zero-order chi connectivity index (χ0) is 12.4. The van der Waals surface area contributed by atoms with Crippen molar-refractivity contribution in [2.24, 2.45) is 0 Å². The summed E-state index contributed by atoms with van der Waals surface area (Å²) < 4.78 is 1.88. The Hall–Kier alpha value is -2.42. The lowest BCUT2D eigenvalue weighted by molar-refractivity contribution is 0.493. The molecule has 1 aliphatic heterocycles. The van der Waals surface area contributed by atoms with Crippen molar-refractivity contribution in [3.63, 3.8) is 0 Å². The van der Waals surface area contributed by atoms with E-state index in [1.54, 1.807) is 31.1 Å². The summed E-state index contributed by atoms with van der Waals surface area (Å²) in [6.07, 6.45) is 7.69. The Labute approximate surface area is 105 Å². The summed E-state index contributed by atoms with van der Waals surface area (Å²) in [6.45, 7) is 1.74. The summed E-state index contributed by atoms with van der Waals surface area (Å²) in [6, 6.07) is 4.27. The number of pyridine rings is 1. The van der Waals surface area contributed by atoms with Gasteiger partial charge >= 0.3 is 0 Å². The molecule has 0 spiro atoms. The highest BCUT2D eigenvalue weighted by molar-refractivity contribution is 5.58. The van der Waals surface area contributed by atoms with Crippen LogP contribution in [0.2, 0.25) is 0 Å². The number of nitriles is 1. The van der Waals surface area contributed by atoms with Crippen molar-refractivity contribution in [1.82, 2.24) is 19.7 Å². The van der Waals surface area contributed by atoms with Gasteiger partial charge in [-0.15, -0.1) is 0 Å². The molecule has 1 atom stereocenters. The van der Waals surface area contributed by atoms with Gasteiger partial charge in [-0.3, -0.25) is 4.98 Å². The summed E-state index contributed by atoms with van der Waals surface area (Å²) in [5, 5.41) is 13.3. The monoisotopic (exact) mass is 240 g/mol. The van der Waals surface area contributed by atoms with Crippen LogP contribution in [-0.2, 0) is 0 Å². The van der Waals surface area contributed by atoms with Gasteiger partial charge in [0.2, 0.25) is 0 Å². The molecule has 2 aromatic heterocycles. The van der Waals surface area contributed by atoms with E-state index in [1.807, 2.05) is 4.68 Å². The molecule has 1 saturated heterocycles. The van der Waals surface area contributed by atoms with Crippen LogP contribution in [0.1, 0.15) is 18.0 Å². The third-order valence-corrected chi connectivity index (χ3v) is 3.24. The van der Waals surface area contributed by atoms with Gasteiger partial charge in [-0.1, -0.05) is 0 Å². The number of rotatable bonds is 2. The van der Waals surface area contributed by atoms with Gasteiger partial charge in [0.05, 0.1) is 23.5 Å². The maximum Gasteiger partial charge on any atom is 0.137 e. The first-order valence-corrected chi connectivity index (χ1v) is 5.81. The van der Waals surface area contributed by atoms with Gasteiger partial charge in [0, 0.05) is 19.3 Å². The molecule has 18 heavy (non-hydrogen) atoms. The Morgan fingerprint density at radius 1 is 1.39 bits per heavy atom. The Morgan fingerprint density at radius 3 is 3.11 bits per heavy atom. The molecule has 0 radical (unpaired) electrons. The maximum atomic E-state index is 9.10. The lowest BCUT2D eigenvalue weighted by Crippen LogP contribution is -2.22. The Kier molecular flexibility index (Phi) is 2.65. The lowest BCUT2D eigenvalue weighted by Gasteiger charge is -2.19. The molecule has 0 saturated carbocycles. The highest BCUT2D eigenvalue weighted by Crippen LogP contribution is 2.27. The van der Waals surface area contributed by atoms with E-state index >= 15 is 0 Å². The van der Waals surface area contributed by atoms with Gasteiger partial charge in [-0.2, -0.15) is 10.4 Å². The quantitative estimate of drug-likeness (QED) is 0.783. The molecule has 1 aliphatic rings. The third kappa shape index (κ3) is 1.80. The zero-order valence-corrected chi connectivity index (χ0v) is 9.77. The average molecular weight is 240 g/mol. The molecule has 0 aromatic carbocycles. The van der Waals surface area contributed by atoms with Crippen molar-refractivity contribution in [2.75, 3.05) is 18.0 Å². The molecule has 1 fully saturated rings. The average Bonchev–Trinajstić information content (AvgIpc) is 3.09. The van der Waals surface area contributed by atoms with Gasteiger partial charge in [-0.05, 0) is 12.5 Å². The number of nitrogens with zero attached hydrogens (tertiary/aromatic N) is 6. The molecule has 6 heteroatoms. The van der Waals surface area contributed by atoms with E-state index in [2.05, 4.69) is 26.0 Å². The van der Waals surface area contributed by atoms with Crippen LogP contribution in [0.5, 0.6) is 0 Å². The van der Waals surface area contributed by atoms with E-state index in [4.69, 9.17) is 5.26 Å². The molecule has 6 nitrogen and oxygen atoms in total. The number of anilines is 1. The minimum atomic E-state index is 0.319. The molecular weight excluding hydrogens is 228 g/mol. The van der Waals surface area contributed by atoms with Crippen LogP contribution in [0.3, 0.4) is 0 Å². The molecule has 3 heterocycles. The normalized spacial score (nSPS) is 18.8. The van der Waals surface area contributed by atoms with E-state index < -0.39 is 0 Å². The van der Waals surface area contributed by atoms with Gasteiger partial charge < -0.3 is 4.90 Å². The molecule has 0 amide bonds. The van der Waals surface area contributed by atoms with Crippen molar-refractivity contribution in [2.45, 2.75) is 12.5 Å². The molecule has 2 aromatic rings. The van der Waals surface area contributed by atoms with Crippen LogP contribution in [0.15, 0.2) is 31.1 Å². The fourth-order valence-corrected chi connectivity index (χ4v) is 2.32. The number of aromatic nitrogens is 4. The van der Waals surface area contributed by atoms with Gasteiger partial charge in [0.1, 0.15) is 18.7 Å². The van der Waals surface area contributed by atoms with Crippen LogP contribution >= 0.6 is 0 Å². The summed E-state index contributed by atoms with van der Waals surface area (Å²) in [5.41, 5.74) is 1.58. The van der Waals surface area contributed by atoms with Crippen molar-refractivity contribution >= 4 is 5.69 Å². The minimum Gasteiger partial charge on any atom is -0.367 e. The molecule has 0 N–H and O–H groups in total. The highest BCUT2D eigenvalue weighted by atomic mass is 15.4. The molecule has 3 rings (SSSR count). The number of hydrogen-bond donors (Lipinski definition) is 0. The van der Waals surface area contributed by atoms with Crippen LogP contribution in [0.4, 0.5) is 5.69 Å². The van der Waals surface area contributed by atoms with Crippen molar-refractivity contribution in [3.8, 4) is 6.07 Å². The van der Waals surface area contributed by atoms with Gasteiger partial charge in [-0.25, -0.2) is 9.67 Å². The summed E-state index contributed by atoms with van der Waals surface area (Å²) in [7, 11) is 0. The second-order valence-corrected chi connectivity index (χ2v) is 4.27. The third-order valence-electron chi connectivity index (χ3n) is 3.24. The van der Waals surface area contributed by atoms with Crippen LogP contribution in [0.25, 0.3) is 0 Å². The predicted molar refractivity (Wildman–Crippen MR) is 64.8 cm³/mol. The van der Waals surface area contributed by atoms with Crippen molar-refractivity contribution < 1.29 is 0 Å². The summed E-state index contributed by atoms with van der Waals surface area (Å²) in [4.78, 5) is 10.2. The van der Waals surface area contributed by atoms with Crippen molar-refractivity contribution in [3.05, 3.63) is 36.7 Å². The maximum absolute atomic E-state index is 9.10.